The molecule has 0 saturated carbocycles. The van der Waals surface area contributed by atoms with E-state index in [-0.39, 0.29) is 24.3 Å². The van der Waals surface area contributed by atoms with E-state index in [0.717, 1.165) is 42.1 Å². The first kappa shape index (κ1) is 22.0. The third-order valence-electron chi connectivity index (χ3n) is 5.53. The molecule has 1 aromatic heterocycles. The SMILES string of the molecule is Cl.Cn1c(CC(c2ccc(F)cc2)N2CCN(c3ccccc3)CC2)csc1=S. The molecule has 0 amide bonds. The Bertz CT molecular complexity index is 964. The molecule has 1 atom stereocenters. The molecule has 154 valence electrons. The van der Waals surface area contributed by atoms with Crippen LogP contribution in [0.1, 0.15) is 17.3 Å². The maximum absolute atomic E-state index is 13.5. The third kappa shape index (κ3) is 5.07. The minimum absolute atomic E-state index is 0. The molecular weight excluding hydrogens is 425 g/mol. The average molecular weight is 450 g/mol. The molecule has 1 unspecified atom stereocenters. The monoisotopic (exact) mass is 449 g/mol. The molecule has 2 aromatic carbocycles. The van der Waals surface area contributed by atoms with Gasteiger partial charge in [-0.1, -0.05) is 30.3 Å². The van der Waals surface area contributed by atoms with Gasteiger partial charge in [0.2, 0.25) is 0 Å². The van der Waals surface area contributed by atoms with Crippen LogP contribution in [0.15, 0.2) is 60.0 Å². The molecule has 3 nitrogen and oxygen atoms in total. The van der Waals surface area contributed by atoms with E-state index in [1.165, 1.54) is 11.4 Å². The number of anilines is 1. The Balaban J connectivity index is 0.00000240. The quantitative estimate of drug-likeness (QED) is 0.478. The van der Waals surface area contributed by atoms with Crippen LogP contribution in [-0.2, 0) is 13.5 Å². The third-order valence-corrected chi connectivity index (χ3v) is 6.96. The van der Waals surface area contributed by atoms with E-state index in [1.54, 1.807) is 23.5 Å². The van der Waals surface area contributed by atoms with E-state index in [1.807, 2.05) is 19.2 Å². The maximum Gasteiger partial charge on any atom is 0.160 e. The fraction of sp³-hybridized carbons (Fsp3) is 0.318. The fourth-order valence-corrected chi connectivity index (χ4v) is 4.88. The predicted molar refractivity (Wildman–Crippen MR) is 124 cm³/mol. The highest BCUT2D eigenvalue weighted by Gasteiger charge is 2.26. The Morgan fingerprint density at radius 2 is 1.66 bits per heavy atom. The molecule has 7 heteroatoms. The summed E-state index contributed by atoms with van der Waals surface area (Å²) in [4.78, 5) is 4.96. The molecule has 0 radical (unpaired) electrons. The molecule has 0 spiro atoms. The van der Waals surface area contributed by atoms with Crippen molar-refractivity contribution in [2.24, 2.45) is 7.05 Å². The van der Waals surface area contributed by atoms with Gasteiger partial charge in [-0.05, 0) is 42.0 Å². The second-order valence-electron chi connectivity index (χ2n) is 7.18. The van der Waals surface area contributed by atoms with E-state index in [0.29, 0.717) is 0 Å². The number of hydrogen-bond acceptors (Lipinski definition) is 4. The highest BCUT2D eigenvalue weighted by Crippen LogP contribution is 2.28. The number of rotatable bonds is 5. The second kappa shape index (κ2) is 9.85. The summed E-state index contributed by atoms with van der Waals surface area (Å²) >= 11 is 7.00. The Morgan fingerprint density at radius 3 is 2.24 bits per heavy atom. The van der Waals surface area contributed by atoms with E-state index in [2.05, 4.69) is 50.1 Å². The van der Waals surface area contributed by atoms with Crippen LogP contribution in [0.4, 0.5) is 10.1 Å². The molecule has 1 aliphatic heterocycles. The van der Waals surface area contributed by atoms with Crippen LogP contribution in [0.3, 0.4) is 0 Å². The summed E-state index contributed by atoms with van der Waals surface area (Å²) in [5.41, 5.74) is 3.67. The number of piperazine rings is 1. The van der Waals surface area contributed by atoms with E-state index in [9.17, 15) is 4.39 Å². The second-order valence-corrected chi connectivity index (χ2v) is 8.69. The molecule has 1 aliphatic rings. The number of thiazole rings is 1. The van der Waals surface area contributed by atoms with Gasteiger partial charge < -0.3 is 9.47 Å². The Hall–Kier alpha value is -1.73. The van der Waals surface area contributed by atoms with Crippen LogP contribution in [0.25, 0.3) is 0 Å². The number of benzene rings is 2. The van der Waals surface area contributed by atoms with Gasteiger partial charge in [-0.15, -0.1) is 23.7 Å². The van der Waals surface area contributed by atoms with Crippen molar-refractivity contribution in [3.8, 4) is 0 Å². The van der Waals surface area contributed by atoms with Crippen molar-refractivity contribution in [1.29, 1.82) is 0 Å². The van der Waals surface area contributed by atoms with Crippen LogP contribution in [0.2, 0.25) is 0 Å². The largest absolute Gasteiger partial charge is 0.369 e. The normalized spacial score (nSPS) is 15.7. The number of halogens is 2. The van der Waals surface area contributed by atoms with Gasteiger partial charge in [-0.2, -0.15) is 0 Å². The molecule has 29 heavy (non-hydrogen) atoms. The first-order valence-corrected chi connectivity index (χ1v) is 10.8. The van der Waals surface area contributed by atoms with Crippen molar-refractivity contribution < 1.29 is 4.39 Å². The van der Waals surface area contributed by atoms with Gasteiger partial charge in [0.15, 0.2) is 3.95 Å². The molecule has 0 aliphatic carbocycles. The van der Waals surface area contributed by atoms with Gasteiger partial charge in [0.1, 0.15) is 5.82 Å². The summed E-state index contributed by atoms with van der Waals surface area (Å²) in [6.07, 6.45) is 0.876. The van der Waals surface area contributed by atoms with Gasteiger partial charge in [0, 0.05) is 62.5 Å². The fourth-order valence-electron chi connectivity index (χ4n) is 3.85. The van der Waals surface area contributed by atoms with Crippen LogP contribution >= 0.6 is 36.0 Å². The molecule has 0 bridgehead atoms. The first-order valence-electron chi connectivity index (χ1n) is 9.55. The summed E-state index contributed by atoms with van der Waals surface area (Å²) in [5, 5.41) is 2.15. The van der Waals surface area contributed by atoms with Gasteiger partial charge in [0.25, 0.3) is 0 Å². The number of hydrogen-bond donors (Lipinski definition) is 0. The van der Waals surface area contributed by atoms with Crippen molar-refractivity contribution in [2.45, 2.75) is 12.5 Å². The van der Waals surface area contributed by atoms with Crippen molar-refractivity contribution >= 4 is 41.6 Å². The summed E-state index contributed by atoms with van der Waals surface area (Å²) in [6.45, 7) is 3.94. The smallest absolute Gasteiger partial charge is 0.160 e. The van der Waals surface area contributed by atoms with Gasteiger partial charge in [-0.25, -0.2) is 4.39 Å². The first-order chi connectivity index (χ1) is 13.6. The summed E-state index contributed by atoms with van der Waals surface area (Å²) in [5.74, 6) is -0.190. The van der Waals surface area contributed by atoms with Gasteiger partial charge in [-0.3, -0.25) is 4.90 Å². The molecule has 1 saturated heterocycles. The molecule has 3 aromatic rings. The van der Waals surface area contributed by atoms with Gasteiger partial charge >= 0.3 is 0 Å². The zero-order chi connectivity index (χ0) is 19.5. The van der Waals surface area contributed by atoms with Crippen LogP contribution in [0, 0.1) is 9.77 Å². The van der Waals surface area contributed by atoms with Crippen molar-refractivity contribution in [3.05, 3.63) is 81.0 Å². The Labute approximate surface area is 186 Å². The minimum Gasteiger partial charge on any atom is -0.369 e. The van der Waals surface area contributed by atoms with E-state index in [4.69, 9.17) is 12.2 Å². The predicted octanol–water partition coefficient (Wildman–Crippen LogP) is 5.48. The Kier molecular flexibility index (Phi) is 7.46. The van der Waals surface area contributed by atoms with Gasteiger partial charge in [0.05, 0.1) is 0 Å². The summed E-state index contributed by atoms with van der Waals surface area (Å²) in [6, 6.07) is 17.8. The Morgan fingerprint density at radius 1 is 1.00 bits per heavy atom. The molecule has 4 rings (SSSR count). The summed E-state index contributed by atoms with van der Waals surface area (Å²) in [7, 11) is 2.03. The average Bonchev–Trinajstić information content (AvgIpc) is 3.06. The molecule has 2 heterocycles. The molecule has 1 fully saturated rings. The standard InChI is InChI=1S/C22H24FN3S2.ClH/c1-24-20(16-28-22(24)27)15-21(17-7-9-18(23)10-8-17)26-13-11-25(12-14-26)19-5-3-2-4-6-19;/h2-10,16,21H,11-15H2,1H3;1H. The van der Waals surface area contributed by atoms with Crippen LogP contribution in [-0.4, -0.2) is 35.6 Å². The molecule has 0 N–H and O–H groups in total. The molecular formula is C22H25ClFN3S2. The van der Waals surface area contributed by atoms with Crippen molar-refractivity contribution in [2.75, 3.05) is 31.1 Å². The van der Waals surface area contributed by atoms with Crippen molar-refractivity contribution in [1.82, 2.24) is 9.47 Å². The maximum atomic E-state index is 13.5. The zero-order valence-corrected chi connectivity index (χ0v) is 18.8. The zero-order valence-electron chi connectivity index (χ0n) is 16.3. The lowest BCUT2D eigenvalue weighted by Gasteiger charge is -2.40. The minimum atomic E-state index is -0.190. The lowest BCUT2D eigenvalue weighted by Crippen LogP contribution is -2.48. The van der Waals surface area contributed by atoms with Crippen LogP contribution < -0.4 is 4.90 Å². The number of para-hydroxylation sites is 1. The van der Waals surface area contributed by atoms with Crippen LogP contribution in [0.5, 0.6) is 0 Å². The topological polar surface area (TPSA) is 11.4 Å². The number of nitrogens with zero attached hydrogens (tertiary/aromatic N) is 3. The lowest BCUT2D eigenvalue weighted by molar-refractivity contribution is 0.183. The lowest BCUT2D eigenvalue weighted by atomic mass is 9.99. The summed E-state index contributed by atoms with van der Waals surface area (Å²) < 4.78 is 16.5. The number of aromatic nitrogens is 1. The highest BCUT2D eigenvalue weighted by molar-refractivity contribution is 7.73. The van der Waals surface area contributed by atoms with E-state index < -0.39 is 0 Å². The highest BCUT2D eigenvalue weighted by atomic mass is 35.5. The van der Waals surface area contributed by atoms with E-state index >= 15 is 0 Å². The van der Waals surface area contributed by atoms with Crippen molar-refractivity contribution in [3.63, 3.8) is 0 Å².